The number of allylic oxidation sites excluding steroid dienone is 3. The van der Waals surface area contributed by atoms with Crippen LogP contribution in [0.15, 0.2) is 188 Å². The summed E-state index contributed by atoms with van der Waals surface area (Å²) in [4.78, 5) is 4.62. The summed E-state index contributed by atoms with van der Waals surface area (Å²) in [6.07, 6.45) is 11.7. The van der Waals surface area contributed by atoms with E-state index in [-0.39, 0.29) is 10.8 Å². The van der Waals surface area contributed by atoms with Gasteiger partial charge in [0.25, 0.3) is 0 Å². The Balaban J connectivity index is 0.946. The van der Waals surface area contributed by atoms with Crippen LogP contribution < -0.4 is 5.73 Å². The lowest BCUT2D eigenvalue weighted by atomic mass is 9.82. The molecule has 3 aliphatic carbocycles. The molecule has 0 unspecified atom stereocenters. The molecule has 3 aliphatic rings. The highest BCUT2D eigenvalue weighted by Gasteiger charge is 2.37. The van der Waals surface area contributed by atoms with Gasteiger partial charge in [0.2, 0.25) is 0 Å². The first-order valence-electron chi connectivity index (χ1n) is 24.8. The van der Waals surface area contributed by atoms with Crippen molar-refractivity contribution in [3.63, 3.8) is 0 Å². The fraction of sp³-hybridized carbons (Fsp3) is 0.136. The van der Waals surface area contributed by atoms with E-state index in [1.54, 1.807) is 6.20 Å². The van der Waals surface area contributed by atoms with Gasteiger partial charge < -0.3 is 14.9 Å². The maximum absolute atomic E-state index is 6.55. The summed E-state index contributed by atoms with van der Waals surface area (Å²) < 4.78 is 4.82. The second-order valence-corrected chi connectivity index (χ2v) is 20.8. The highest BCUT2D eigenvalue weighted by molar-refractivity contribution is 6.16. The van der Waals surface area contributed by atoms with Gasteiger partial charge in [-0.1, -0.05) is 131 Å². The summed E-state index contributed by atoms with van der Waals surface area (Å²) in [5, 5.41) is 4.98. The van der Waals surface area contributed by atoms with Gasteiger partial charge in [-0.2, -0.15) is 0 Å². The minimum Gasteiger partial charge on any atom is -0.403 e. The van der Waals surface area contributed by atoms with Crippen LogP contribution in [0.25, 0.3) is 111 Å². The Morgan fingerprint density at radius 3 is 1.73 bits per heavy atom. The quantitative estimate of drug-likeness (QED) is 0.175. The first kappa shape index (κ1) is 40.8. The van der Waals surface area contributed by atoms with E-state index in [1.807, 2.05) is 18.5 Å². The van der Waals surface area contributed by atoms with Crippen molar-refractivity contribution in [1.82, 2.24) is 14.1 Å². The van der Waals surface area contributed by atoms with Crippen molar-refractivity contribution in [3.05, 3.63) is 222 Å². The monoisotopic (exact) mass is 900 g/mol. The van der Waals surface area contributed by atoms with E-state index in [0.717, 1.165) is 29.7 Å². The van der Waals surface area contributed by atoms with E-state index in [4.69, 9.17) is 5.73 Å². The molecule has 4 heteroatoms. The Morgan fingerprint density at radius 2 is 1.10 bits per heavy atom. The van der Waals surface area contributed by atoms with Crippen molar-refractivity contribution >= 4 is 49.3 Å². The van der Waals surface area contributed by atoms with Crippen LogP contribution in [0.5, 0.6) is 0 Å². The summed E-state index contributed by atoms with van der Waals surface area (Å²) in [5.41, 5.74) is 34.4. The van der Waals surface area contributed by atoms with E-state index in [1.165, 1.54) is 127 Å². The SMILES string of the molecule is C/C=C\C(=C/N)n1c2ccc(-c3ccc4c(c3)-c3ccccc3C4(C)C)cc2c2ccc3c(c21)CCc1cc2c4cc(-c5ccc6c(c5)-c5ccccc5C6(C)C)ccc4n(-c4cccnc4)c2cc1-3. The van der Waals surface area contributed by atoms with Gasteiger partial charge in [0.1, 0.15) is 0 Å². The second-order valence-electron chi connectivity index (χ2n) is 20.8. The Labute approximate surface area is 408 Å². The predicted octanol–water partition coefficient (Wildman–Crippen LogP) is 16.3. The van der Waals surface area contributed by atoms with Crippen molar-refractivity contribution in [2.45, 2.75) is 58.3 Å². The van der Waals surface area contributed by atoms with E-state index in [9.17, 15) is 0 Å². The van der Waals surface area contributed by atoms with Gasteiger partial charge in [0, 0.05) is 44.8 Å². The van der Waals surface area contributed by atoms with Crippen LogP contribution in [-0.2, 0) is 23.7 Å². The Kier molecular flexibility index (Phi) is 8.54. The summed E-state index contributed by atoms with van der Waals surface area (Å²) in [6.45, 7) is 11.5. The van der Waals surface area contributed by atoms with Gasteiger partial charge >= 0.3 is 0 Å². The fourth-order valence-electron chi connectivity index (χ4n) is 13.1. The average Bonchev–Trinajstić information content (AvgIpc) is 4.05. The van der Waals surface area contributed by atoms with Crippen LogP contribution in [0.1, 0.15) is 68.0 Å². The maximum Gasteiger partial charge on any atom is 0.0645 e. The first-order valence-corrected chi connectivity index (χ1v) is 24.8. The fourth-order valence-corrected chi connectivity index (χ4v) is 13.1. The minimum absolute atomic E-state index is 0.0278. The number of hydrogen-bond donors (Lipinski definition) is 1. The number of benzene rings is 8. The molecule has 0 saturated heterocycles. The zero-order chi connectivity index (χ0) is 47.2. The van der Waals surface area contributed by atoms with Crippen molar-refractivity contribution < 1.29 is 0 Å². The van der Waals surface area contributed by atoms with Crippen molar-refractivity contribution in [2.75, 3.05) is 0 Å². The number of nitrogens with two attached hydrogens (primary N) is 1. The molecule has 0 saturated carbocycles. The molecule has 14 rings (SSSR count). The molecule has 4 nitrogen and oxygen atoms in total. The molecule has 2 N–H and O–H groups in total. The van der Waals surface area contributed by atoms with E-state index >= 15 is 0 Å². The van der Waals surface area contributed by atoms with Crippen molar-refractivity contribution in [1.29, 1.82) is 0 Å². The third-order valence-corrected chi connectivity index (χ3v) is 16.5. The normalized spacial score (nSPS) is 15.1. The number of aryl methyl sites for hydroxylation is 2. The molecule has 0 aliphatic heterocycles. The highest BCUT2D eigenvalue weighted by atomic mass is 15.0. The number of fused-ring (bicyclic) bond motifs is 16. The molecule has 0 atom stereocenters. The number of hydrogen-bond acceptors (Lipinski definition) is 2. The molecule has 0 radical (unpaired) electrons. The van der Waals surface area contributed by atoms with E-state index in [2.05, 4.69) is 213 Å². The maximum atomic E-state index is 6.55. The van der Waals surface area contributed by atoms with Crippen LogP contribution >= 0.6 is 0 Å². The third kappa shape index (κ3) is 5.56. The highest BCUT2D eigenvalue weighted by Crippen LogP contribution is 2.52. The summed E-state index contributed by atoms with van der Waals surface area (Å²) in [5.74, 6) is 0. The molecule has 0 amide bonds. The van der Waals surface area contributed by atoms with Gasteiger partial charge in [0.05, 0.1) is 39.6 Å². The number of pyridine rings is 1. The zero-order valence-corrected chi connectivity index (χ0v) is 40.2. The molecule has 0 bridgehead atoms. The number of rotatable bonds is 5. The lowest BCUT2D eigenvalue weighted by molar-refractivity contribution is 0.660. The standard InChI is InChI=1S/C66H52N4/c1-6-12-44(37-67)70-62-29-22-41(39-19-26-59-52(31-39)47-14-7-9-16-57(47)65(59,2)3)33-54(62)50-25-24-46-49(64(50)70)23-18-43-35-56-55-34-42(21-28-61(55)69(63(56)36-51(43)46)45-13-11-30-68-38-45)40-20-27-60-53(32-40)48-15-8-10-17-58(48)66(60,4)5/h6-17,19-22,24-38H,18,23,67H2,1-5H3/b12-6-,44-37+. The molecule has 0 spiro atoms. The second kappa shape index (κ2) is 14.7. The molecule has 0 fully saturated rings. The summed E-state index contributed by atoms with van der Waals surface area (Å²) in [7, 11) is 0. The number of nitrogens with zero attached hydrogens (tertiary/aromatic N) is 3. The van der Waals surface area contributed by atoms with Gasteiger partial charge in [0.15, 0.2) is 0 Å². The van der Waals surface area contributed by atoms with Crippen LogP contribution in [0.4, 0.5) is 0 Å². The molecular weight excluding hydrogens is 849 g/mol. The average molecular weight is 901 g/mol. The molecule has 336 valence electrons. The molecule has 3 aromatic heterocycles. The Morgan fingerprint density at radius 1 is 0.514 bits per heavy atom. The van der Waals surface area contributed by atoms with Gasteiger partial charge in [-0.05, 0) is 176 Å². The van der Waals surface area contributed by atoms with Gasteiger partial charge in [-0.15, -0.1) is 0 Å². The van der Waals surface area contributed by atoms with E-state index in [0.29, 0.717) is 0 Å². The van der Waals surface area contributed by atoms with Crippen LogP contribution in [-0.4, -0.2) is 14.1 Å². The lowest BCUT2D eigenvalue weighted by Crippen LogP contribution is -2.14. The summed E-state index contributed by atoms with van der Waals surface area (Å²) in [6, 6.07) is 59.9. The largest absolute Gasteiger partial charge is 0.403 e. The number of aromatic nitrogens is 3. The molecule has 70 heavy (non-hydrogen) atoms. The third-order valence-electron chi connectivity index (χ3n) is 16.5. The smallest absolute Gasteiger partial charge is 0.0645 e. The van der Waals surface area contributed by atoms with Gasteiger partial charge in [-0.25, -0.2) is 0 Å². The summed E-state index contributed by atoms with van der Waals surface area (Å²) >= 11 is 0. The van der Waals surface area contributed by atoms with Crippen molar-refractivity contribution in [3.8, 4) is 61.3 Å². The zero-order valence-electron chi connectivity index (χ0n) is 40.2. The predicted molar refractivity (Wildman–Crippen MR) is 294 cm³/mol. The van der Waals surface area contributed by atoms with Crippen LogP contribution in [0.2, 0.25) is 0 Å². The molecular formula is C66H52N4. The lowest BCUT2D eigenvalue weighted by Gasteiger charge is -2.23. The molecule has 3 heterocycles. The molecule has 11 aromatic rings. The van der Waals surface area contributed by atoms with Crippen LogP contribution in [0.3, 0.4) is 0 Å². The Bertz CT molecular complexity index is 4130. The van der Waals surface area contributed by atoms with Gasteiger partial charge in [-0.3, -0.25) is 4.98 Å². The van der Waals surface area contributed by atoms with Crippen molar-refractivity contribution in [2.24, 2.45) is 5.73 Å². The van der Waals surface area contributed by atoms with E-state index < -0.39 is 0 Å². The Hall–Kier alpha value is -8.21. The molecule has 8 aromatic carbocycles. The topological polar surface area (TPSA) is 48.8 Å². The van der Waals surface area contributed by atoms with Crippen LogP contribution in [0, 0.1) is 0 Å². The minimum atomic E-state index is -0.0309. The first-order chi connectivity index (χ1) is 34.1.